The first-order valence-corrected chi connectivity index (χ1v) is 32.8. The van der Waals surface area contributed by atoms with Gasteiger partial charge in [0.1, 0.15) is 33.2 Å². The van der Waals surface area contributed by atoms with E-state index in [1.54, 1.807) is 26.4 Å². The third-order valence-electron chi connectivity index (χ3n) is 15.1. The Labute approximate surface area is 574 Å². The van der Waals surface area contributed by atoms with Gasteiger partial charge in [-0.3, -0.25) is 29.0 Å². The summed E-state index contributed by atoms with van der Waals surface area (Å²) in [6, 6.07) is 71.7. The predicted octanol–water partition coefficient (Wildman–Crippen LogP) is 19.1. The summed E-state index contributed by atoms with van der Waals surface area (Å²) in [5.41, 5.74) is 17.9. The summed E-state index contributed by atoms with van der Waals surface area (Å²) in [7, 11) is 3.34. The number of aliphatic carboxylic acids is 2. The van der Waals surface area contributed by atoms with E-state index in [-0.39, 0.29) is 20.5 Å². The average molecular weight is 1380 g/mol. The zero-order valence-corrected chi connectivity index (χ0v) is 56.7. The average Bonchev–Trinajstić information content (AvgIpc) is 1.23. The number of carbonyl (C=O) groups excluding carboxylic acids is 2. The second-order valence-corrected chi connectivity index (χ2v) is 26.0. The maximum Gasteiger partial charge on any atom is 0.323 e. The lowest BCUT2D eigenvalue weighted by molar-refractivity contribution is -0.140. The standard InChI is InChI=1S/C41H32N2O4S2.C36H31BrN2O4S2/c1-47-37-25-23-36(24-26-37)43(34-19-15-31(16-20-34)8-7-29-5-3-2-4-6-29)35-21-17-32(18-22-35)10-9-30-11-13-33(14-12-30)27-38-40(46)42(28-39(44)45)41(48)49-38;1-22-17-23(2)34(24(3)18-22)39(29-13-15-30(43-4)16-14-29)28-11-7-25(8-12-28)19-31(37)27-9-5-26(6-10-27)20-32-35(42)38(21-33(40)41)36(44)45-32/h2-27H,28H2,1H3,(H,44,45);5-20H,21H2,1-4H3,(H,40,41)/b8-7+,10-9+,38-27-;31-19-,32-20-. The monoisotopic (exact) mass is 1380 g/mol. The minimum atomic E-state index is -1.10. The molecule has 470 valence electrons. The highest BCUT2D eigenvalue weighted by Crippen LogP contribution is 2.42. The number of hydrogen-bond acceptors (Lipinski definition) is 12. The molecule has 12 nitrogen and oxygen atoms in total. The minimum Gasteiger partial charge on any atom is -0.497 e. The largest absolute Gasteiger partial charge is 0.497 e. The van der Waals surface area contributed by atoms with E-state index in [4.69, 9.17) is 44.1 Å². The lowest BCUT2D eigenvalue weighted by atomic mass is 10.0. The third-order valence-corrected chi connectivity index (χ3v) is 18.5. The molecule has 94 heavy (non-hydrogen) atoms. The number of hydrogen-bond donors (Lipinski definition) is 2. The van der Waals surface area contributed by atoms with Crippen LogP contribution in [0.5, 0.6) is 11.5 Å². The highest BCUT2D eigenvalue weighted by atomic mass is 79.9. The fraction of sp³-hybridized carbons (Fsp3) is 0.0909. The smallest absolute Gasteiger partial charge is 0.323 e. The number of anilines is 6. The van der Waals surface area contributed by atoms with Crippen molar-refractivity contribution in [2.75, 3.05) is 37.1 Å². The van der Waals surface area contributed by atoms with Gasteiger partial charge < -0.3 is 29.5 Å². The molecule has 2 aliphatic heterocycles. The Hall–Kier alpha value is -9.88. The third kappa shape index (κ3) is 17.0. The van der Waals surface area contributed by atoms with Crippen LogP contribution in [-0.4, -0.2) is 79.7 Å². The zero-order valence-electron chi connectivity index (χ0n) is 51.8. The Morgan fingerprint density at radius 3 is 1.18 bits per heavy atom. The Kier molecular flexibility index (Phi) is 22.2. The van der Waals surface area contributed by atoms with Gasteiger partial charge in [0, 0.05) is 32.9 Å². The fourth-order valence-electron chi connectivity index (χ4n) is 10.5. The molecular weight excluding hydrogens is 1320 g/mol. The van der Waals surface area contributed by atoms with Crippen LogP contribution in [0.15, 0.2) is 222 Å². The van der Waals surface area contributed by atoms with Crippen LogP contribution < -0.4 is 19.3 Å². The molecule has 0 aromatic heterocycles. The van der Waals surface area contributed by atoms with Gasteiger partial charge >= 0.3 is 11.9 Å². The number of thiocarbonyl (C=S) groups is 2. The first-order valence-electron chi connectivity index (χ1n) is 29.6. The van der Waals surface area contributed by atoms with Gasteiger partial charge in [-0.2, -0.15) is 0 Å². The lowest BCUT2D eigenvalue weighted by Crippen LogP contribution is -2.33. The van der Waals surface area contributed by atoms with Crippen molar-refractivity contribution in [1.29, 1.82) is 0 Å². The Balaban J connectivity index is 0.000000206. The molecule has 0 spiro atoms. The number of benzene rings is 9. The van der Waals surface area contributed by atoms with Gasteiger partial charge in [0.15, 0.2) is 0 Å². The van der Waals surface area contributed by atoms with E-state index in [0.29, 0.717) is 9.81 Å². The molecule has 0 radical (unpaired) electrons. The van der Waals surface area contributed by atoms with Crippen molar-refractivity contribution in [3.05, 3.63) is 283 Å². The second kappa shape index (κ2) is 31.2. The van der Waals surface area contributed by atoms with Crippen LogP contribution in [0.1, 0.15) is 61.2 Å². The van der Waals surface area contributed by atoms with Gasteiger partial charge in [-0.25, -0.2) is 0 Å². The van der Waals surface area contributed by atoms with Crippen LogP contribution in [0.4, 0.5) is 34.1 Å². The topological polar surface area (TPSA) is 140 Å². The molecule has 2 aliphatic rings. The number of aryl methyl sites for hydroxylation is 3. The summed E-state index contributed by atoms with van der Waals surface area (Å²) in [5.74, 6) is -1.37. The van der Waals surface area contributed by atoms with E-state index < -0.39 is 25.0 Å². The highest BCUT2D eigenvalue weighted by molar-refractivity contribution is 9.15. The number of halogens is 1. The Bertz CT molecular complexity index is 4420. The summed E-state index contributed by atoms with van der Waals surface area (Å²) < 4.78 is 12.2. The minimum absolute atomic E-state index is 0.248. The molecule has 9 aromatic carbocycles. The first-order chi connectivity index (χ1) is 45.4. The molecule has 0 atom stereocenters. The lowest BCUT2D eigenvalue weighted by Gasteiger charge is -2.29. The summed E-state index contributed by atoms with van der Waals surface area (Å²) in [4.78, 5) is 54.8. The molecule has 17 heteroatoms. The predicted molar refractivity (Wildman–Crippen MR) is 399 cm³/mol. The normalized spacial score (nSPS) is 14.1. The molecule has 2 N–H and O–H groups in total. The van der Waals surface area contributed by atoms with Crippen LogP contribution in [0.2, 0.25) is 0 Å². The Morgan fingerprint density at radius 1 is 0.468 bits per heavy atom. The van der Waals surface area contributed by atoms with Crippen LogP contribution in [0.25, 0.3) is 47.0 Å². The van der Waals surface area contributed by atoms with Crippen molar-refractivity contribution in [3.8, 4) is 11.5 Å². The zero-order chi connectivity index (χ0) is 66.4. The number of nitrogens with zero attached hydrogens (tertiary/aromatic N) is 4. The van der Waals surface area contributed by atoms with Gasteiger partial charge in [0.2, 0.25) is 0 Å². The fourth-order valence-corrected chi connectivity index (χ4v) is 13.5. The van der Waals surface area contributed by atoms with Crippen molar-refractivity contribution in [1.82, 2.24) is 9.80 Å². The number of carboxylic acids is 2. The number of carbonyl (C=O) groups is 4. The molecule has 11 rings (SSSR count). The number of rotatable bonds is 20. The van der Waals surface area contributed by atoms with E-state index in [1.165, 1.54) is 16.7 Å². The van der Waals surface area contributed by atoms with E-state index in [9.17, 15) is 19.2 Å². The van der Waals surface area contributed by atoms with Gasteiger partial charge in [0.25, 0.3) is 11.8 Å². The molecule has 0 aliphatic carbocycles. The van der Waals surface area contributed by atoms with Gasteiger partial charge in [-0.15, -0.1) is 0 Å². The SMILES string of the molecule is COc1ccc(N(c2ccc(/C=C(\Br)c3ccc(/C=C4\SC(=S)N(CC(=O)O)C4=O)cc3)cc2)c2c(C)cc(C)cc2C)cc1.COc1ccc(N(c2ccc(/C=C/c3ccccc3)cc2)c2ccc(/C=C/c3ccc(/C=C4\SC(=S)N(CC(=O)O)C4=O)cc3)cc2)cc1. The van der Waals surface area contributed by atoms with Crippen molar-refractivity contribution < 1.29 is 38.9 Å². The molecule has 2 fully saturated rings. The number of amides is 2. The molecule has 0 bridgehead atoms. The summed E-state index contributed by atoms with van der Waals surface area (Å²) >= 11 is 16.3. The quantitative estimate of drug-likeness (QED) is 0.0425. The first kappa shape index (κ1) is 67.0. The summed E-state index contributed by atoms with van der Waals surface area (Å²) in [5, 5.41) is 18.1. The molecule has 0 saturated carbocycles. The van der Waals surface area contributed by atoms with Gasteiger partial charge in [-0.05, 0) is 180 Å². The van der Waals surface area contributed by atoms with Crippen LogP contribution in [0.3, 0.4) is 0 Å². The maximum absolute atomic E-state index is 12.6. The van der Waals surface area contributed by atoms with Crippen LogP contribution in [0, 0.1) is 20.8 Å². The van der Waals surface area contributed by atoms with Crippen molar-refractivity contribution in [3.63, 3.8) is 0 Å². The molecule has 9 aromatic rings. The number of methoxy groups -OCH3 is 2. The van der Waals surface area contributed by atoms with Crippen LogP contribution in [-0.2, 0) is 19.2 Å². The second-order valence-electron chi connectivity index (χ2n) is 21.8. The molecule has 2 saturated heterocycles. The van der Waals surface area contributed by atoms with E-state index in [1.807, 2.05) is 97.1 Å². The van der Waals surface area contributed by atoms with E-state index in [2.05, 4.69) is 192 Å². The van der Waals surface area contributed by atoms with Gasteiger partial charge in [0.05, 0.1) is 29.7 Å². The molecular formula is C77H63BrN4O8S4. The number of ether oxygens (including phenoxy) is 2. The Morgan fingerprint density at radius 2 is 0.798 bits per heavy atom. The van der Waals surface area contributed by atoms with Crippen LogP contribution >= 0.6 is 63.9 Å². The molecule has 0 unspecified atom stereocenters. The molecule has 2 amide bonds. The maximum atomic E-state index is 12.6. The number of carboxylic acid groups (broad SMARTS) is 2. The van der Waals surface area contributed by atoms with Crippen molar-refractivity contribution in [2.45, 2.75) is 20.8 Å². The van der Waals surface area contributed by atoms with E-state index in [0.717, 1.165) is 128 Å². The van der Waals surface area contributed by atoms with Crippen molar-refractivity contribution >= 4 is 177 Å². The molecule has 2 heterocycles. The van der Waals surface area contributed by atoms with Crippen molar-refractivity contribution in [2.24, 2.45) is 0 Å². The van der Waals surface area contributed by atoms with E-state index >= 15 is 0 Å². The summed E-state index contributed by atoms with van der Waals surface area (Å²) in [6.45, 7) is 5.54. The summed E-state index contributed by atoms with van der Waals surface area (Å²) in [6.07, 6.45) is 13.8. The number of thioether (sulfide) groups is 2. The van der Waals surface area contributed by atoms with Gasteiger partial charge in [-0.1, -0.05) is 221 Å². The highest BCUT2D eigenvalue weighted by Gasteiger charge is 2.34.